The van der Waals surface area contributed by atoms with E-state index in [-0.39, 0.29) is 11.6 Å². The maximum absolute atomic E-state index is 11.0. The molecule has 2 rings (SSSR count). The Morgan fingerprint density at radius 1 is 1.31 bits per heavy atom. The van der Waals surface area contributed by atoms with Crippen LogP contribution in [0.1, 0.15) is 30.0 Å². The molecule has 0 bridgehead atoms. The molecule has 0 N–H and O–H groups in total. The van der Waals surface area contributed by atoms with Crippen LogP contribution < -0.4 is 0 Å². The van der Waals surface area contributed by atoms with Crippen molar-refractivity contribution in [2.45, 2.75) is 20.3 Å². The molecular weight excluding hydrogens is 204 g/mol. The first-order valence-corrected chi connectivity index (χ1v) is 5.14. The summed E-state index contributed by atoms with van der Waals surface area (Å²) in [4.78, 5) is 15.0. The van der Waals surface area contributed by atoms with E-state index in [2.05, 4.69) is 17.1 Å². The van der Waals surface area contributed by atoms with E-state index < -0.39 is 0 Å². The summed E-state index contributed by atoms with van der Waals surface area (Å²) < 4.78 is 5.00. The lowest BCUT2D eigenvalue weighted by Crippen LogP contribution is -1.93. The summed E-state index contributed by atoms with van der Waals surface area (Å²) in [6.45, 7) is 3.50. The summed E-state index contributed by atoms with van der Waals surface area (Å²) >= 11 is 0. The lowest BCUT2D eigenvalue weighted by molar-refractivity contribution is 0.100. The molecule has 0 radical (unpaired) electrons. The molecule has 0 aliphatic heterocycles. The summed E-state index contributed by atoms with van der Waals surface area (Å²) in [6, 6.07) is 7.84. The van der Waals surface area contributed by atoms with Crippen molar-refractivity contribution in [2.24, 2.45) is 0 Å². The minimum atomic E-state index is -0.194. The second-order valence-electron chi connectivity index (χ2n) is 3.53. The first-order chi connectivity index (χ1) is 7.70. The molecule has 1 aromatic carbocycles. The summed E-state index contributed by atoms with van der Waals surface area (Å²) in [5, 5.41) is 3.60. The zero-order chi connectivity index (χ0) is 11.5. The van der Waals surface area contributed by atoms with Gasteiger partial charge in [-0.1, -0.05) is 24.2 Å². The lowest BCUT2D eigenvalue weighted by atomic mass is 10.1. The van der Waals surface area contributed by atoms with Gasteiger partial charge in [0.2, 0.25) is 11.6 Å². The van der Waals surface area contributed by atoms with Crippen LogP contribution in [0.4, 0.5) is 0 Å². The van der Waals surface area contributed by atoms with Crippen LogP contribution in [0, 0.1) is 0 Å². The maximum atomic E-state index is 11.0. The van der Waals surface area contributed by atoms with E-state index in [0.717, 1.165) is 12.0 Å². The number of carbonyl (C=O) groups excluding carboxylic acids is 1. The molecule has 2 aromatic rings. The molecule has 4 nitrogen and oxygen atoms in total. The van der Waals surface area contributed by atoms with Gasteiger partial charge in [-0.05, 0) is 24.1 Å². The first kappa shape index (κ1) is 10.5. The number of ketones is 1. The third-order valence-electron chi connectivity index (χ3n) is 2.35. The van der Waals surface area contributed by atoms with E-state index in [4.69, 9.17) is 4.52 Å². The lowest BCUT2D eigenvalue weighted by Gasteiger charge is -1.96. The predicted octanol–water partition coefficient (Wildman–Crippen LogP) is 2.50. The molecule has 0 saturated carbocycles. The number of hydrogen-bond donors (Lipinski definition) is 0. The molecule has 1 heterocycles. The van der Waals surface area contributed by atoms with Gasteiger partial charge in [0.25, 0.3) is 5.89 Å². The monoisotopic (exact) mass is 216 g/mol. The van der Waals surface area contributed by atoms with E-state index >= 15 is 0 Å². The van der Waals surface area contributed by atoms with E-state index in [0.29, 0.717) is 5.89 Å². The van der Waals surface area contributed by atoms with E-state index in [9.17, 15) is 4.79 Å². The number of Topliss-reactive ketones (excluding diaryl/α,β-unsaturated/α-hetero) is 1. The highest BCUT2D eigenvalue weighted by Crippen LogP contribution is 2.17. The smallest absolute Gasteiger partial charge is 0.258 e. The molecule has 0 aliphatic carbocycles. The molecule has 16 heavy (non-hydrogen) atoms. The van der Waals surface area contributed by atoms with Gasteiger partial charge in [0.1, 0.15) is 0 Å². The quantitative estimate of drug-likeness (QED) is 0.739. The Balaban J connectivity index is 2.31. The topological polar surface area (TPSA) is 56.0 Å². The molecule has 1 aromatic heterocycles. The molecule has 0 aliphatic rings. The van der Waals surface area contributed by atoms with Gasteiger partial charge in [0.05, 0.1) is 0 Å². The van der Waals surface area contributed by atoms with Crippen molar-refractivity contribution in [1.29, 1.82) is 0 Å². The van der Waals surface area contributed by atoms with Crippen molar-refractivity contribution < 1.29 is 9.32 Å². The number of rotatable bonds is 3. The Kier molecular flexibility index (Phi) is 2.81. The zero-order valence-electron chi connectivity index (χ0n) is 9.23. The third kappa shape index (κ3) is 2.00. The molecule has 0 atom stereocenters. The normalized spacial score (nSPS) is 10.4. The number of carbonyl (C=O) groups is 1. The SMILES string of the molecule is CCc1ccc(-c2nc(C(C)=O)no2)cc1. The van der Waals surface area contributed by atoms with Crippen LogP contribution in [0.15, 0.2) is 28.8 Å². The number of benzene rings is 1. The zero-order valence-corrected chi connectivity index (χ0v) is 9.23. The largest absolute Gasteiger partial charge is 0.334 e. The van der Waals surface area contributed by atoms with Crippen LogP contribution in [0.5, 0.6) is 0 Å². The molecule has 0 spiro atoms. The number of aryl methyl sites for hydroxylation is 1. The van der Waals surface area contributed by atoms with Crippen molar-refractivity contribution in [3.63, 3.8) is 0 Å². The van der Waals surface area contributed by atoms with Gasteiger partial charge < -0.3 is 4.52 Å². The summed E-state index contributed by atoms with van der Waals surface area (Å²) in [7, 11) is 0. The van der Waals surface area contributed by atoms with Crippen LogP contribution in [0.25, 0.3) is 11.5 Å². The number of aromatic nitrogens is 2. The average Bonchev–Trinajstić information content (AvgIpc) is 2.78. The van der Waals surface area contributed by atoms with E-state index in [1.165, 1.54) is 12.5 Å². The second-order valence-corrected chi connectivity index (χ2v) is 3.53. The summed E-state index contributed by atoms with van der Waals surface area (Å²) in [5.41, 5.74) is 2.08. The van der Waals surface area contributed by atoms with Crippen LogP contribution in [0.3, 0.4) is 0 Å². The summed E-state index contributed by atoms with van der Waals surface area (Å²) in [5.74, 6) is 0.308. The van der Waals surface area contributed by atoms with Crippen molar-refractivity contribution in [3.05, 3.63) is 35.7 Å². The Hall–Kier alpha value is -1.97. The Morgan fingerprint density at radius 3 is 2.50 bits per heavy atom. The van der Waals surface area contributed by atoms with Gasteiger partial charge in [0, 0.05) is 12.5 Å². The second kappa shape index (κ2) is 4.26. The van der Waals surface area contributed by atoms with Crippen LogP contribution in [-0.2, 0) is 6.42 Å². The molecule has 0 saturated heterocycles. The average molecular weight is 216 g/mol. The fourth-order valence-electron chi connectivity index (χ4n) is 1.37. The maximum Gasteiger partial charge on any atom is 0.258 e. The Bertz CT molecular complexity index is 500. The first-order valence-electron chi connectivity index (χ1n) is 5.14. The summed E-state index contributed by atoms with van der Waals surface area (Å²) in [6.07, 6.45) is 0.989. The van der Waals surface area contributed by atoms with Crippen LogP contribution >= 0.6 is 0 Å². The highest BCUT2D eigenvalue weighted by Gasteiger charge is 2.11. The minimum absolute atomic E-state index is 0.120. The number of hydrogen-bond acceptors (Lipinski definition) is 4. The predicted molar refractivity (Wildman–Crippen MR) is 59.1 cm³/mol. The van der Waals surface area contributed by atoms with Crippen molar-refractivity contribution in [3.8, 4) is 11.5 Å². The van der Waals surface area contributed by atoms with Gasteiger partial charge in [-0.25, -0.2) is 0 Å². The Labute approximate surface area is 93.3 Å². The molecule has 0 unspecified atom stereocenters. The minimum Gasteiger partial charge on any atom is -0.334 e. The van der Waals surface area contributed by atoms with Crippen molar-refractivity contribution in [2.75, 3.05) is 0 Å². The molecule has 0 fully saturated rings. The van der Waals surface area contributed by atoms with Gasteiger partial charge in [0.15, 0.2) is 0 Å². The van der Waals surface area contributed by atoms with Crippen molar-refractivity contribution in [1.82, 2.24) is 10.1 Å². The van der Waals surface area contributed by atoms with E-state index in [1.807, 2.05) is 24.3 Å². The van der Waals surface area contributed by atoms with Crippen LogP contribution in [0.2, 0.25) is 0 Å². The van der Waals surface area contributed by atoms with Gasteiger partial charge in [-0.15, -0.1) is 0 Å². The van der Waals surface area contributed by atoms with E-state index in [1.54, 1.807) is 0 Å². The number of nitrogens with zero attached hydrogens (tertiary/aromatic N) is 2. The molecular formula is C12H12N2O2. The standard InChI is InChI=1S/C12H12N2O2/c1-3-9-4-6-10(7-5-9)12-13-11(8(2)15)14-16-12/h4-7H,3H2,1-2H3. The Morgan fingerprint density at radius 2 is 2.00 bits per heavy atom. The third-order valence-corrected chi connectivity index (χ3v) is 2.35. The molecule has 82 valence electrons. The van der Waals surface area contributed by atoms with Crippen LogP contribution in [-0.4, -0.2) is 15.9 Å². The molecule has 4 heteroatoms. The highest BCUT2D eigenvalue weighted by molar-refractivity contribution is 5.90. The van der Waals surface area contributed by atoms with Crippen molar-refractivity contribution >= 4 is 5.78 Å². The fraction of sp³-hybridized carbons (Fsp3) is 0.250. The fourth-order valence-corrected chi connectivity index (χ4v) is 1.37. The highest BCUT2D eigenvalue weighted by atomic mass is 16.5. The van der Waals surface area contributed by atoms with Gasteiger partial charge >= 0.3 is 0 Å². The molecule has 0 amide bonds. The van der Waals surface area contributed by atoms with Gasteiger partial charge in [-0.3, -0.25) is 4.79 Å². The van der Waals surface area contributed by atoms with Gasteiger partial charge in [-0.2, -0.15) is 4.98 Å².